The normalized spacial score (nSPS) is 21.4. The van der Waals surface area contributed by atoms with E-state index in [4.69, 9.17) is 19.3 Å². The molecule has 2 saturated carbocycles. The summed E-state index contributed by atoms with van der Waals surface area (Å²) in [6, 6.07) is 11.1. The number of ether oxygens (including phenoxy) is 2. The van der Waals surface area contributed by atoms with E-state index >= 15 is 0 Å². The quantitative estimate of drug-likeness (QED) is 0.255. The van der Waals surface area contributed by atoms with Crippen molar-refractivity contribution in [3.05, 3.63) is 64.1 Å². The third-order valence-electron chi connectivity index (χ3n) is 7.32. The lowest BCUT2D eigenvalue weighted by Gasteiger charge is -2.34. The zero-order valence-electron chi connectivity index (χ0n) is 20.7. The molecule has 1 N–H and O–H groups in total. The fraction of sp³-hybridized carbons (Fsp3) is 0.393. The highest BCUT2D eigenvalue weighted by Gasteiger charge is 2.39. The van der Waals surface area contributed by atoms with Crippen molar-refractivity contribution in [2.24, 2.45) is 0 Å². The summed E-state index contributed by atoms with van der Waals surface area (Å²) in [5, 5.41) is 25.1. The Morgan fingerprint density at radius 1 is 1.18 bits per heavy atom. The Morgan fingerprint density at radius 3 is 2.67 bits per heavy atom. The highest BCUT2D eigenvalue weighted by molar-refractivity contribution is 7.18. The number of alkyl halides is 2. The number of para-hydroxylation sites is 1. The molecular weight excluding hydrogens is 531 g/mol. The molecule has 0 spiro atoms. The summed E-state index contributed by atoms with van der Waals surface area (Å²) in [5.41, 5.74) is 0.710. The molecule has 6 rings (SSSR count). The molecular formula is C28H24F3N3O4S. The van der Waals surface area contributed by atoms with Crippen molar-refractivity contribution >= 4 is 21.6 Å². The van der Waals surface area contributed by atoms with Crippen LogP contribution in [-0.2, 0) is 16.9 Å². The SMILES string of the molecule is N#Cc1cc(F)c2nc(C3(O)CCC(OCc4c(-c5ccccc5OC(F)F)noc4C4CC4)CC3)sc2c1. The number of halogens is 3. The fourth-order valence-corrected chi connectivity index (χ4v) is 6.27. The smallest absolute Gasteiger partial charge is 0.387 e. The first kappa shape index (κ1) is 25.8. The number of fused-ring (bicyclic) bond motifs is 1. The first-order valence-corrected chi connectivity index (χ1v) is 13.5. The molecule has 4 aromatic rings. The van der Waals surface area contributed by atoms with Gasteiger partial charge in [0.25, 0.3) is 0 Å². The predicted octanol–water partition coefficient (Wildman–Crippen LogP) is 6.79. The minimum absolute atomic E-state index is 0.0151. The summed E-state index contributed by atoms with van der Waals surface area (Å²) < 4.78 is 57.6. The molecule has 0 atom stereocenters. The zero-order chi connectivity index (χ0) is 27.1. The van der Waals surface area contributed by atoms with Crippen LogP contribution in [0.5, 0.6) is 5.75 Å². The zero-order valence-corrected chi connectivity index (χ0v) is 21.5. The van der Waals surface area contributed by atoms with Crippen LogP contribution in [0.2, 0.25) is 0 Å². The van der Waals surface area contributed by atoms with Crippen molar-refractivity contribution in [2.45, 2.75) is 69.4 Å². The van der Waals surface area contributed by atoms with Crippen molar-refractivity contribution < 1.29 is 32.3 Å². The first-order valence-electron chi connectivity index (χ1n) is 12.7. The Labute approximate surface area is 225 Å². The van der Waals surface area contributed by atoms with Gasteiger partial charge in [-0.1, -0.05) is 17.3 Å². The molecule has 2 aromatic carbocycles. The van der Waals surface area contributed by atoms with E-state index in [1.807, 2.05) is 6.07 Å². The van der Waals surface area contributed by atoms with E-state index in [1.54, 1.807) is 24.3 Å². The molecule has 0 amide bonds. The van der Waals surface area contributed by atoms with Gasteiger partial charge in [0.15, 0.2) is 5.82 Å². The van der Waals surface area contributed by atoms with E-state index in [0.29, 0.717) is 52.4 Å². The summed E-state index contributed by atoms with van der Waals surface area (Å²) in [4.78, 5) is 4.36. The van der Waals surface area contributed by atoms with Gasteiger partial charge in [0, 0.05) is 17.0 Å². The number of hydrogen-bond acceptors (Lipinski definition) is 8. The number of nitriles is 1. The number of aliphatic hydroxyl groups is 1. The van der Waals surface area contributed by atoms with Gasteiger partial charge in [0.05, 0.1) is 29.0 Å². The molecule has 0 saturated heterocycles. The predicted molar refractivity (Wildman–Crippen MR) is 136 cm³/mol. The molecule has 2 fully saturated rings. The summed E-state index contributed by atoms with van der Waals surface area (Å²) in [7, 11) is 0. The second-order valence-electron chi connectivity index (χ2n) is 10.0. The van der Waals surface area contributed by atoms with E-state index in [-0.39, 0.29) is 35.5 Å². The number of nitrogens with zero attached hydrogens (tertiary/aromatic N) is 3. The van der Waals surface area contributed by atoms with E-state index in [2.05, 4.69) is 10.1 Å². The van der Waals surface area contributed by atoms with E-state index in [1.165, 1.54) is 17.4 Å². The van der Waals surface area contributed by atoms with Crippen LogP contribution in [0, 0.1) is 17.1 Å². The van der Waals surface area contributed by atoms with Gasteiger partial charge in [-0.25, -0.2) is 9.37 Å². The van der Waals surface area contributed by atoms with Gasteiger partial charge in [0.1, 0.15) is 33.3 Å². The number of aromatic nitrogens is 2. The van der Waals surface area contributed by atoms with Gasteiger partial charge in [0.2, 0.25) is 0 Å². The number of hydrogen-bond donors (Lipinski definition) is 1. The Kier molecular flexibility index (Phi) is 6.79. The topological polar surface area (TPSA) is 101 Å². The minimum Gasteiger partial charge on any atom is -0.434 e. The second kappa shape index (κ2) is 10.3. The largest absolute Gasteiger partial charge is 0.434 e. The third kappa shape index (κ3) is 5.12. The maximum absolute atomic E-state index is 14.4. The molecule has 2 heterocycles. The maximum Gasteiger partial charge on any atom is 0.387 e. The molecule has 39 heavy (non-hydrogen) atoms. The van der Waals surface area contributed by atoms with Crippen LogP contribution in [0.1, 0.15) is 66.3 Å². The summed E-state index contributed by atoms with van der Waals surface area (Å²) >= 11 is 1.20. The molecule has 7 nitrogen and oxygen atoms in total. The Bertz CT molecular complexity index is 1550. The van der Waals surface area contributed by atoms with Gasteiger partial charge in [-0.3, -0.25) is 0 Å². The van der Waals surface area contributed by atoms with Crippen LogP contribution in [0.25, 0.3) is 21.5 Å². The number of thiazole rings is 1. The number of rotatable bonds is 8. The second-order valence-corrected chi connectivity index (χ2v) is 11.0. The third-order valence-corrected chi connectivity index (χ3v) is 8.52. The van der Waals surface area contributed by atoms with E-state index in [9.17, 15) is 18.3 Å². The molecule has 2 aromatic heterocycles. The lowest BCUT2D eigenvalue weighted by molar-refractivity contribution is -0.0641. The standard InChI is InChI=1S/C28H24F3N3O4S/c29-20-11-15(13-32)12-22-24(20)33-26(39-22)28(35)9-7-17(8-10-28)36-14-19-23(34-38-25(19)16-5-6-16)18-3-1-2-4-21(18)37-27(30)31/h1-4,11-12,16-17,27,35H,5-10,14H2. The van der Waals surface area contributed by atoms with Crippen molar-refractivity contribution in [3.63, 3.8) is 0 Å². The minimum atomic E-state index is -2.97. The summed E-state index contributed by atoms with van der Waals surface area (Å²) in [6.07, 6.45) is 3.61. The van der Waals surface area contributed by atoms with Gasteiger partial charge in [-0.05, 0) is 62.8 Å². The molecule has 0 aliphatic heterocycles. The number of benzene rings is 2. The fourth-order valence-electron chi connectivity index (χ4n) is 5.10. The van der Waals surface area contributed by atoms with E-state index in [0.717, 1.165) is 24.5 Å². The Hall–Kier alpha value is -3.46. The Morgan fingerprint density at radius 2 is 1.95 bits per heavy atom. The summed E-state index contributed by atoms with van der Waals surface area (Å²) in [5.74, 6) is 0.368. The highest BCUT2D eigenvalue weighted by atomic mass is 32.1. The highest BCUT2D eigenvalue weighted by Crippen LogP contribution is 2.46. The van der Waals surface area contributed by atoms with Crippen LogP contribution in [0.3, 0.4) is 0 Å². The molecule has 0 bridgehead atoms. The lowest BCUT2D eigenvalue weighted by atomic mass is 9.83. The van der Waals surface area contributed by atoms with Gasteiger partial charge in [-0.2, -0.15) is 14.0 Å². The maximum atomic E-state index is 14.4. The monoisotopic (exact) mass is 555 g/mol. The van der Waals surface area contributed by atoms with Crippen molar-refractivity contribution in [1.29, 1.82) is 5.26 Å². The van der Waals surface area contributed by atoms with Crippen molar-refractivity contribution in [1.82, 2.24) is 10.1 Å². The van der Waals surface area contributed by atoms with Crippen LogP contribution in [0.15, 0.2) is 40.9 Å². The average molecular weight is 556 g/mol. The molecule has 11 heteroatoms. The average Bonchev–Trinajstić information content (AvgIpc) is 3.52. The van der Waals surface area contributed by atoms with Crippen LogP contribution in [-0.4, -0.2) is 28.0 Å². The molecule has 202 valence electrons. The van der Waals surface area contributed by atoms with Gasteiger partial charge < -0.3 is 19.1 Å². The molecule has 0 radical (unpaired) electrons. The van der Waals surface area contributed by atoms with Gasteiger partial charge >= 0.3 is 6.61 Å². The first-order chi connectivity index (χ1) is 18.8. The van der Waals surface area contributed by atoms with Crippen molar-refractivity contribution in [3.8, 4) is 23.1 Å². The summed E-state index contributed by atoms with van der Waals surface area (Å²) in [6.45, 7) is -2.79. The van der Waals surface area contributed by atoms with E-state index < -0.39 is 18.0 Å². The Balaban J connectivity index is 1.17. The van der Waals surface area contributed by atoms with Crippen LogP contribution in [0.4, 0.5) is 13.2 Å². The van der Waals surface area contributed by atoms with Crippen LogP contribution < -0.4 is 4.74 Å². The molecule has 2 aliphatic rings. The lowest BCUT2D eigenvalue weighted by Crippen LogP contribution is -2.34. The van der Waals surface area contributed by atoms with Crippen molar-refractivity contribution in [2.75, 3.05) is 0 Å². The van der Waals surface area contributed by atoms with Gasteiger partial charge in [-0.15, -0.1) is 11.3 Å². The molecule has 0 unspecified atom stereocenters. The molecule has 2 aliphatic carbocycles. The van der Waals surface area contributed by atoms with Crippen LogP contribution >= 0.6 is 11.3 Å².